The first-order valence-corrected chi connectivity index (χ1v) is 6.06. The summed E-state index contributed by atoms with van der Waals surface area (Å²) in [5, 5.41) is 30.6. The molecule has 0 spiro atoms. The third-order valence-corrected chi connectivity index (χ3v) is 0.400. The number of hydrogen-bond donors (Lipinski definition) is 4. The molecule has 0 atom stereocenters. The van der Waals surface area contributed by atoms with Gasteiger partial charge in [-0.25, -0.2) is 0 Å². The van der Waals surface area contributed by atoms with Crippen molar-refractivity contribution >= 4 is 11.8 Å². The molecule has 6 nitrogen and oxygen atoms in total. The van der Waals surface area contributed by atoms with Gasteiger partial charge < -0.3 is 26.8 Å². The maximum absolute atomic E-state index is 9.87. The number of rotatable bonds is 2. The van der Waals surface area contributed by atoms with E-state index < -0.39 is 5.97 Å². The summed E-state index contributed by atoms with van der Waals surface area (Å²) < 4.78 is 0. The fourth-order valence-corrected chi connectivity index (χ4v) is 0.213. The summed E-state index contributed by atoms with van der Waals surface area (Å²) in [6, 6.07) is 0. The first kappa shape index (κ1) is 36.7. The average Bonchev–Trinajstić information content (AvgIpc) is 2.19. The Morgan fingerprint density at radius 2 is 1.05 bits per heavy atom. The molecule has 20 heavy (non-hydrogen) atoms. The van der Waals surface area contributed by atoms with Crippen molar-refractivity contribution in [3.8, 4) is 0 Å². The van der Waals surface area contributed by atoms with Crippen LogP contribution in [0, 0.1) is 6.42 Å². The molecule has 0 bridgehead atoms. The Kier molecular flexibility index (Phi) is 93.9. The molecule has 0 radical (unpaired) electrons. The van der Waals surface area contributed by atoms with Crippen molar-refractivity contribution in [3.63, 3.8) is 0 Å². The van der Waals surface area contributed by atoms with Crippen molar-refractivity contribution < 1.29 is 51.7 Å². The van der Waals surface area contributed by atoms with E-state index in [4.69, 9.17) is 20.4 Å². The predicted octanol–water partition coefficient (Wildman–Crippen LogP) is 1.27. The minimum absolute atomic E-state index is 0. The number of carboxylic acid groups (broad SMARTS) is 1. The largest absolute Gasteiger partial charge is 0.481 e. The summed E-state index contributed by atoms with van der Waals surface area (Å²) in [6.07, 6.45) is 1.64. The minimum Gasteiger partial charge on any atom is -0.481 e. The molecule has 0 aromatic carbocycles. The SMILES string of the molecule is CC(=O)CC(=O)O.CCO.CCO.CCO.C[CH-]C.[Ti]. The van der Waals surface area contributed by atoms with E-state index >= 15 is 0 Å². The minimum atomic E-state index is -1.06. The Bertz CT molecular complexity index is 134. The molecular formula is C13H31O6Ti-. The maximum atomic E-state index is 9.87. The summed E-state index contributed by atoms with van der Waals surface area (Å²) in [7, 11) is 0. The van der Waals surface area contributed by atoms with Gasteiger partial charge in [-0.15, -0.1) is 0 Å². The topological polar surface area (TPSA) is 115 Å². The first-order valence-electron chi connectivity index (χ1n) is 6.06. The molecule has 0 aliphatic heterocycles. The summed E-state index contributed by atoms with van der Waals surface area (Å²) in [4.78, 5) is 19.5. The van der Waals surface area contributed by atoms with Crippen molar-refractivity contribution in [2.75, 3.05) is 19.8 Å². The zero-order chi connectivity index (χ0) is 16.7. The number of carbonyl (C=O) groups is 2. The third kappa shape index (κ3) is 356. The Labute approximate surface area is 138 Å². The van der Waals surface area contributed by atoms with Crippen LogP contribution in [-0.4, -0.2) is 52.0 Å². The number of aliphatic carboxylic acids is 1. The Balaban J connectivity index is -0.0000000326. The van der Waals surface area contributed by atoms with Gasteiger partial charge in [-0.3, -0.25) is 9.59 Å². The van der Waals surface area contributed by atoms with Crippen molar-refractivity contribution in [1.82, 2.24) is 0 Å². The molecule has 124 valence electrons. The molecule has 0 aliphatic carbocycles. The molecule has 0 heterocycles. The predicted molar refractivity (Wildman–Crippen MR) is 76.9 cm³/mol. The molecule has 0 saturated heterocycles. The molecule has 7 heteroatoms. The Morgan fingerprint density at radius 1 is 0.900 bits per heavy atom. The van der Waals surface area contributed by atoms with Gasteiger partial charge in [0.2, 0.25) is 0 Å². The summed E-state index contributed by atoms with van der Waals surface area (Å²) in [5.41, 5.74) is 0. The fourth-order valence-electron chi connectivity index (χ4n) is 0.213. The number of hydrogen-bond acceptors (Lipinski definition) is 5. The van der Waals surface area contributed by atoms with Crippen LogP contribution in [0.2, 0.25) is 0 Å². The van der Waals surface area contributed by atoms with E-state index in [-0.39, 0.29) is 53.7 Å². The molecule has 0 rings (SSSR count). The van der Waals surface area contributed by atoms with Crippen LogP contribution in [0.15, 0.2) is 0 Å². The maximum Gasteiger partial charge on any atom is 0.310 e. The molecule has 0 aromatic heterocycles. The second-order valence-electron chi connectivity index (χ2n) is 2.80. The molecule has 0 fully saturated rings. The fraction of sp³-hybridized carbons (Fsp3) is 0.769. The normalized spacial score (nSPS) is 6.45. The second kappa shape index (κ2) is 51.1. The van der Waals surface area contributed by atoms with Crippen LogP contribution in [0.25, 0.3) is 0 Å². The van der Waals surface area contributed by atoms with Gasteiger partial charge in [0.1, 0.15) is 12.2 Å². The van der Waals surface area contributed by atoms with Crippen LogP contribution >= 0.6 is 0 Å². The zero-order valence-electron chi connectivity index (χ0n) is 13.5. The van der Waals surface area contributed by atoms with Gasteiger partial charge >= 0.3 is 5.97 Å². The number of ketones is 1. The van der Waals surface area contributed by atoms with Gasteiger partial charge in [0.15, 0.2) is 0 Å². The number of aliphatic hydroxyl groups is 3. The van der Waals surface area contributed by atoms with Gasteiger partial charge in [-0.2, -0.15) is 13.8 Å². The van der Waals surface area contributed by atoms with Crippen LogP contribution in [-0.2, 0) is 31.3 Å². The molecule has 0 amide bonds. The van der Waals surface area contributed by atoms with E-state index in [1.807, 2.05) is 20.3 Å². The van der Waals surface area contributed by atoms with E-state index in [1.54, 1.807) is 20.8 Å². The first-order chi connectivity index (χ1) is 8.78. The van der Waals surface area contributed by atoms with Crippen LogP contribution in [0.5, 0.6) is 0 Å². The summed E-state index contributed by atoms with van der Waals surface area (Å²) in [5.74, 6) is -1.37. The standard InChI is InChI=1S/C4H6O3.C3H7.3C2H6O.Ti/c1-3(5)2-4(6)7;1-3-2;3*1-2-3;/h2H2,1H3,(H,6,7);3H,1-2H3;3*3H,2H2,1H3;/q;-1;;;;. The van der Waals surface area contributed by atoms with Gasteiger partial charge in [-0.1, -0.05) is 0 Å². The van der Waals surface area contributed by atoms with Crippen LogP contribution < -0.4 is 0 Å². The number of carbonyl (C=O) groups excluding carboxylic acids is 1. The molecular weight excluding hydrogens is 300 g/mol. The van der Waals surface area contributed by atoms with E-state index in [0.29, 0.717) is 0 Å². The molecule has 0 unspecified atom stereocenters. The van der Waals surface area contributed by atoms with Gasteiger partial charge in [0, 0.05) is 41.5 Å². The monoisotopic (exact) mass is 331 g/mol. The van der Waals surface area contributed by atoms with Crippen molar-refractivity contribution in [3.05, 3.63) is 6.42 Å². The summed E-state index contributed by atoms with van der Waals surface area (Å²) >= 11 is 0. The average molecular weight is 331 g/mol. The van der Waals surface area contributed by atoms with Gasteiger partial charge in [0.25, 0.3) is 0 Å². The summed E-state index contributed by atoms with van der Waals surface area (Å²) in [6.45, 7) is 11.0. The Morgan fingerprint density at radius 3 is 1.05 bits per heavy atom. The third-order valence-electron chi connectivity index (χ3n) is 0.400. The van der Waals surface area contributed by atoms with E-state index in [1.165, 1.54) is 6.92 Å². The van der Waals surface area contributed by atoms with Gasteiger partial charge in [0.05, 0.1) is 0 Å². The van der Waals surface area contributed by atoms with Crippen LogP contribution in [0.4, 0.5) is 0 Å². The molecule has 4 N–H and O–H groups in total. The number of Topliss-reactive ketones (excluding diaryl/α,β-unsaturated/α-hetero) is 1. The van der Waals surface area contributed by atoms with E-state index in [9.17, 15) is 9.59 Å². The molecule has 0 aliphatic rings. The Hall–Kier alpha value is -0.266. The van der Waals surface area contributed by atoms with Crippen LogP contribution in [0.1, 0.15) is 48.0 Å². The van der Waals surface area contributed by atoms with Crippen LogP contribution in [0.3, 0.4) is 0 Å². The second-order valence-corrected chi connectivity index (χ2v) is 2.80. The van der Waals surface area contributed by atoms with E-state index in [0.717, 1.165) is 0 Å². The number of carboxylic acids is 1. The smallest absolute Gasteiger partial charge is 0.310 e. The van der Waals surface area contributed by atoms with Crippen molar-refractivity contribution in [2.24, 2.45) is 0 Å². The zero-order valence-corrected chi connectivity index (χ0v) is 15.1. The van der Waals surface area contributed by atoms with Gasteiger partial charge in [-0.05, 0) is 27.7 Å². The van der Waals surface area contributed by atoms with Crippen molar-refractivity contribution in [1.29, 1.82) is 0 Å². The molecule has 0 aromatic rings. The number of aliphatic hydroxyl groups excluding tert-OH is 3. The van der Waals surface area contributed by atoms with Crippen molar-refractivity contribution in [2.45, 2.75) is 48.0 Å². The van der Waals surface area contributed by atoms with E-state index in [2.05, 4.69) is 0 Å². The quantitative estimate of drug-likeness (QED) is 0.344. The molecule has 0 saturated carbocycles.